The summed E-state index contributed by atoms with van der Waals surface area (Å²) in [5, 5.41) is 10.3. The van der Waals surface area contributed by atoms with Crippen molar-refractivity contribution in [2.24, 2.45) is 4.99 Å². The number of aryl methyl sites for hydroxylation is 1. The molecule has 1 fully saturated rings. The predicted octanol–water partition coefficient (Wildman–Crippen LogP) is 5.33. The zero-order valence-corrected chi connectivity index (χ0v) is 18.2. The van der Waals surface area contributed by atoms with E-state index in [0.717, 1.165) is 45.7 Å². The van der Waals surface area contributed by atoms with Gasteiger partial charge in [-0.1, -0.05) is 30.8 Å². The van der Waals surface area contributed by atoms with Crippen LogP contribution in [-0.4, -0.2) is 37.9 Å². The summed E-state index contributed by atoms with van der Waals surface area (Å²) in [6.45, 7) is 4.11. The van der Waals surface area contributed by atoms with Crippen molar-refractivity contribution < 1.29 is 14.3 Å². The van der Waals surface area contributed by atoms with Crippen LogP contribution in [0.5, 0.6) is 0 Å². The predicted molar refractivity (Wildman–Crippen MR) is 121 cm³/mol. The molecular formula is C24H23N3O3S. The summed E-state index contributed by atoms with van der Waals surface area (Å²) in [4.78, 5) is 23.3. The van der Waals surface area contributed by atoms with E-state index in [0.29, 0.717) is 6.04 Å². The number of fused-ring (bicyclic) bond motifs is 1. The van der Waals surface area contributed by atoms with Gasteiger partial charge in [0.2, 0.25) is 0 Å². The normalized spacial score (nSPS) is 22.5. The van der Waals surface area contributed by atoms with Crippen LogP contribution in [0.4, 0.5) is 0 Å². The molecule has 0 unspecified atom stereocenters. The maximum Gasteiger partial charge on any atom is 0.335 e. The van der Waals surface area contributed by atoms with Gasteiger partial charge in [0.1, 0.15) is 23.6 Å². The summed E-state index contributed by atoms with van der Waals surface area (Å²) in [6.07, 6.45) is 2.85. The second-order valence-corrected chi connectivity index (χ2v) is 8.86. The van der Waals surface area contributed by atoms with Crippen LogP contribution in [0.15, 0.2) is 64.1 Å². The number of nitrogens with zero attached hydrogens (tertiary/aromatic N) is 3. The number of amidine groups is 1. The quantitative estimate of drug-likeness (QED) is 0.586. The minimum absolute atomic E-state index is 0.0443. The number of thioether (sulfide) groups is 1. The summed E-state index contributed by atoms with van der Waals surface area (Å²) in [5.74, 6) is 1.69. The highest BCUT2D eigenvalue weighted by molar-refractivity contribution is 8.14. The van der Waals surface area contributed by atoms with Crippen molar-refractivity contribution in [3.63, 3.8) is 0 Å². The summed E-state index contributed by atoms with van der Waals surface area (Å²) in [7, 11) is 0. The van der Waals surface area contributed by atoms with E-state index in [2.05, 4.69) is 16.8 Å². The first kappa shape index (κ1) is 19.9. The van der Waals surface area contributed by atoms with E-state index >= 15 is 0 Å². The summed E-state index contributed by atoms with van der Waals surface area (Å²) < 4.78 is 6.39. The van der Waals surface area contributed by atoms with Crippen LogP contribution in [0.1, 0.15) is 52.8 Å². The van der Waals surface area contributed by atoms with Crippen LogP contribution in [0.2, 0.25) is 0 Å². The zero-order valence-electron chi connectivity index (χ0n) is 17.4. The maximum absolute atomic E-state index is 11.3. The first-order valence-corrected chi connectivity index (χ1v) is 11.4. The number of hydrogen-bond donors (Lipinski definition) is 1. The summed E-state index contributed by atoms with van der Waals surface area (Å²) in [6, 6.07) is 15.3. The fraction of sp³-hybridized carbons (Fsp3) is 0.292. The van der Waals surface area contributed by atoms with E-state index in [9.17, 15) is 9.90 Å². The molecule has 0 spiro atoms. The van der Waals surface area contributed by atoms with Gasteiger partial charge >= 0.3 is 5.97 Å². The molecule has 3 atom stereocenters. The first-order valence-electron chi connectivity index (χ1n) is 10.4. The smallest absolute Gasteiger partial charge is 0.335 e. The standard InChI is InChI=1S/C24H23N3O3S/c1-3-16-13-31-24-26-21(18-6-4-5-11-25-18)22(27(16)24)20-10-9-19(30-20)17-8-7-15(23(28)29)12-14(17)2/h4-12,16,21-22H,3,13H2,1-2H3,(H,28,29)/t16-,21+,22+/m1/s1. The highest BCUT2D eigenvalue weighted by atomic mass is 32.2. The lowest BCUT2D eigenvalue weighted by Gasteiger charge is -2.30. The highest BCUT2D eigenvalue weighted by Gasteiger charge is 2.46. The number of aliphatic imine (C=N–C) groups is 1. The van der Waals surface area contributed by atoms with Gasteiger partial charge in [-0.2, -0.15) is 0 Å². The summed E-state index contributed by atoms with van der Waals surface area (Å²) in [5.41, 5.74) is 2.97. The number of furan rings is 1. The average Bonchev–Trinajstić information content (AvgIpc) is 3.49. The van der Waals surface area contributed by atoms with Crippen LogP contribution in [0.3, 0.4) is 0 Å². The Labute approximate surface area is 185 Å². The molecule has 1 N–H and O–H groups in total. The third-order valence-electron chi connectivity index (χ3n) is 5.99. The molecule has 7 heteroatoms. The fourth-order valence-corrected chi connectivity index (χ4v) is 5.73. The fourth-order valence-electron chi connectivity index (χ4n) is 4.39. The molecule has 5 rings (SSSR count). The molecule has 2 aromatic heterocycles. The molecule has 1 saturated heterocycles. The third kappa shape index (κ3) is 3.43. The Bertz CT molecular complexity index is 1160. The molecule has 4 heterocycles. The molecule has 3 aromatic rings. The van der Waals surface area contributed by atoms with Crippen LogP contribution in [0.25, 0.3) is 11.3 Å². The van der Waals surface area contributed by atoms with Gasteiger partial charge < -0.3 is 14.4 Å². The van der Waals surface area contributed by atoms with Crippen LogP contribution < -0.4 is 0 Å². The number of hydrogen-bond acceptors (Lipinski definition) is 6. The van der Waals surface area contributed by atoms with Crippen molar-refractivity contribution in [2.75, 3.05) is 5.75 Å². The molecule has 6 nitrogen and oxygen atoms in total. The van der Waals surface area contributed by atoms with Crippen molar-refractivity contribution in [2.45, 2.75) is 38.4 Å². The number of benzene rings is 1. The molecule has 0 aliphatic carbocycles. The monoisotopic (exact) mass is 433 g/mol. The van der Waals surface area contributed by atoms with Crippen molar-refractivity contribution >= 4 is 22.9 Å². The first-order chi connectivity index (χ1) is 15.1. The Hall–Kier alpha value is -3.06. The number of carbonyl (C=O) groups is 1. The maximum atomic E-state index is 11.3. The van der Waals surface area contributed by atoms with Crippen molar-refractivity contribution in [3.05, 3.63) is 77.3 Å². The third-order valence-corrected chi connectivity index (χ3v) is 7.11. The molecule has 158 valence electrons. The van der Waals surface area contributed by atoms with Gasteiger partial charge in [-0.05, 0) is 55.3 Å². The lowest BCUT2D eigenvalue weighted by atomic mass is 10.0. The van der Waals surface area contributed by atoms with Gasteiger partial charge in [-0.25, -0.2) is 9.79 Å². The van der Waals surface area contributed by atoms with Gasteiger partial charge in [-0.3, -0.25) is 4.98 Å². The topological polar surface area (TPSA) is 78.9 Å². The van der Waals surface area contributed by atoms with E-state index in [4.69, 9.17) is 9.41 Å². The van der Waals surface area contributed by atoms with Crippen LogP contribution in [0, 0.1) is 6.92 Å². The molecular weight excluding hydrogens is 410 g/mol. The van der Waals surface area contributed by atoms with E-state index in [-0.39, 0.29) is 17.6 Å². The summed E-state index contributed by atoms with van der Waals surface area (Å²) >= 11 is 1.80. The number of aromatic nitrogens is 1. The van der Waals surface area contributed by atoms with E-state index in [1.807, 2.05) is 43.3 Å². The molecule has 1 aromatic carbocycles. The SMILES string of the molecule is CC[C@@H]1CSC2=N[C@@H](c3ccccn3)[C@H](c3ccc(-c4ccc(C(=O)O)cc4C)o3)N21. The second kappa shape index (κ2) is 7.89. The van der Waals surface area contributed by atoms with Gasteiger partial charge in [0, 0.05) is 23.6 Å². The van der Waals surface area contributed by atoms with Crippen LogP contribution in [-0.2, 0) is 0 Å². The highest BCUT2D eigenvalue weighted by Crippen LogP contribution is 2.49. The van der Waals surface area contributed by atoms with Crippen molar-refractivity contribution in [1.82, 2.24) is 9.88 Å². The van der Waals surface area contributed by atoms with Crippen molar-refractivity contribution in [3.8, 4) is 11.3 Å². The van der Waals surface area contributed by atoms with E-state index < -0.39 is 5.97 Å². The Morgan fingerprint density at radius 1 is 1.26 bits per heavy atom. The average molecular weight is 434 g/mol. The van der Waals surface area contributed by atoms with Gasteiger partial charge in [0.15, 0.2) is 5.17 Å². The van der Waals surface area contributed by atoms with Gasteiger partial charge in [-0.15, -0.1) is 0 Å². The second-order valence-electron chi connectivity index (χ2n) is 7.87. The molecule has 2 aliphatic heterocycles. The molecule has 0 bridgehead atoms. The number of pyridine rings is 1. The molecule has 2 aliphatic rings. The largest absolute Gasteiger partial charge is 0.478 e. The van der Waals surface area contributed by atoms with Gasteiger partial charge in [0.05, 0.1) is 11.3 Å². The van der Waals surface area contributed by atoms with E-state index in [1.54, 1.807) is 30.1 Å². The minimum atomic E-state index is -0.930. The lowest BCUT2D eigenvalue weighted by Crippen LogP contribution is -2.35. The number of rotatable bonds is 5. The molecule has 0 amide bonds. The molecule has 31 heavy (non-hydrogen) atoms. The minimum Gasteiger partial charge on any atom is -0.478 e. The van der Waals surface area contributed by atoms with E-state index in [1.165, 1.54) is 0 Å². The number of carboxylic acids is 1. The Morgan fingerprint density at radius 3 is 2.84 bits per heavy atom. The van der Waals surface area contributed by atoms with Gasteiger partial charge in [0.25, 0.3) is 0 Å². The zero-order chi connectivity index (χ0) is 21.5. The Morgan fingerprint density at radius 2 is 2.13 bits per heavy atom. The Kier molecular flexibility index (Phi) is 5.06. The number of aromatic carboxylic acids is 1. The lowest BCUT2D eigenvalue weighted by molar-refractivity contribution is 0.0697. The Balaban J connectivity index is 1.54. The number of carboxylic acid groups (broad SMARTS) is 1. The molecule has 0 saturated carbocycles. The van der Waals surface area contributed by atoms with Crippen molar-refractivity contribution in [1.29, 1.82) is 0 Å². The molecule has 0 radical (unpaired) electrons. The van der Waals surface area contributed by atoms with Crippen LogP contribution >= 0.6 is 11.8 Å².